The van der Waals surface area contributed by atoms with Gasteiger partial charge in [-0.1, -0.05) is 39.0 Å². The van der Waals surface area contributed by atoms with Crippen molar-refractivity contribution in [3.63, 3.8) is 0 Å². The predicted octanol–water partition coefficient (Wildman–Crippen LogP) is 4.70. The van der Waals surface area contributed by atoms with E-state index in [4.69, 9.17) is 4.74 Å². The van der Waals surface area contributed by atoms with Gasteiger partial charge in [-0.05, 0) is 49.0 Å². The molecule has 0 radical (unpaired) electrons. The molecule has 18 heavy (non-hydrogen) atoms. The van der Waals surface area contributed by atoms with E-state index in [1.54, 1.807) is 0 Å². The molecule has 1 aliphatic carbocycles. The highest BCUT2D eigenvalue weighted by Gasteiger charge is 2.21. The Morgan fingerprint density at radius 1 is 1.00 bits per heavy atom. The summed E-state index contributed by atoms with van der Waals surface area (Å²) >= 11 is 0. The van der Waals surface area contributed by atoms with Crippen LogP contribution >= 0.6 is 0 Å². The number of ether oxygens (including phenoxy) is 1. The molecule has 1 aromatic carbocycles. The third-order valence-corrected chi connectivity index (χ3v) is 3.13. The zero-order valence-electron chi connectivity index (χ0n) is 12.4. The number of rotatable bonds is 1. The molecule has 0 N–H and O–H groups in total. The van der Waals surface area contributed by atoms with Crippen molar-refractivity contribution in [2.45, 2.75) is 59.0 Å². The Hall–Kier alpha value is -1.24. The van der Waals surface area contributed by atoms with E-state index in [1.165, 1.54) is 16.7 Å². The van der Waals surface area contributed by atoms with Gasteiger partial charge in [-0.2, -0.15) is 0 Å². The second kappa shape index (κ2) is 4.15. The van der Waals surface area contributed by atoms with Gasteiger partial charge in [0.1, 0.15) is 11.4 Å². The molecule has 98 valence electrons. The van der Waals surface area contributed by atoms with Gasteiger partial charge in [-0.25, -0.2) is 0 Å². The Morgan fingerprint density at radius 3 is 2.22 bits per heavy atom. The maximum atomic E-state index is 5.97. The molecule has 0 fully saturated rings. The molecule has 1 heteroatoms. The standard InChI is InChI=1S/C17H24O/c1-16(2,3)14-8-7-12-10-15(11-13(12)9-14)18-17(4,5)6/h7-10H,11H2,1-6H3. The summed E-state index contributed by atoms with van der Waals surface area (Å²) in [5.74, 6) is 1.09. The van der Waals surface area contributed by atoms with E-state index in [2.05, 4.69) is 65.8 Å². The fourth-order valence-electron chi connectivity index (χ4n) is 2.24. The zero-order chi connectivity index (χ0) is 13.6. The third-order valence-electron chi connectivity index (χ3n) is 3.13. The van der Waals surface area contributed by atoms with Gasteiger partial charge in [0.25, 0.3) is 0 Å². The number of hydrogen-bond acceptors (Lipinski definition) is 1. The fraction of sp³-hybridized carbons (Fsp3) is 0.529. The van der Waals surface area contributed by atoms with E-state index in [-0.39, 0.29) is 11.0 Å². The molecule has 1 nitrogen and oxygen atoms in total. The largest absolute Gasteiger partial charge is 0.492 e. The minimum Gasteiger partial charge on any atom is -0.492 e. The summed E-state index contributed by atoms with van der Waals surface area (Å²) in [6, 6.07) is 6.77. The van der Waals surface area contributed by atoms with Crippen LogP contribution < -0.4 is 0 Å². The Labute approximate surface area is 111 Å². The minimum absolute atomic E-state index is 0.110. The van der Waals surface area contributed by atoms with Crippen molar-refractivity contribution in [1.82, 2.24) is 0 Å². The molecule has 0 heterocycles. The van der Waals surface area contributed by atoms with E-state index < -0.39 is 0 Å². The van der Waals surface area contributed by atoms with E-state index in [0.717, 1.165) is 12.2 Å². The van der Waals surface area contributed by atoms with Crippen LogP contribution in [0.3, 0.4) is 0 Å². The van der Waals surface area contributed by atoms with E-state index in [0.29, 0.717) is 0 Å². The Morgan fingerprint density at radius 2 is 1.67 bits per heavy atom. The van der Waals surface area contributed by atoms with Gasteiger partial charge in [0.05, 0.1) is 0 Å². The molecule has 0 amide bonds. The molecule has 0 spiro atoms. The predicted molar refractivity (Wildman–Crippen MR) is 77.7 cm³/mol. The molecule has 0 saturated heterocycles. The second-order valence-electron chi connectivity index (χ2n) is 7.17. The van der Waals surface area contributed by atoms with Crippen molar-refractivity contribution in [3.8, 4) is 0 Å². The summed E-state index contributed by atoms with van der Waals surface area (Å²) in [4.78, 5) is 0. The van der Waals surface area contributed by atoms with Crippen molar-refractivity contribution in [2.24, 2.45) is 0 Å². The Balaban J connectivity index is 2.22. The van der Waals surface area contributed by atoms with Gasteiger partial charge in [-0.3, -0.25) is 0 Å². The normalized spacial score (nSPS) is 15.3. The molecule has 0 aliphatic heterocycles. The van der Waals surface area contributed by atoms with Crippen LogP contribution in [0.5, 0.6) is 0 Å². The molecule has 0 bridgehead atoms. The Kier molecular flexibility index (Phi) is 3.04. The molecule has 0 unspecified atom stereocenters. The monoisotopic (exact) mass is 244 g/mol. The molecule has 1 aliphatic rings. The number of fused-ring (bicyclic) bond motifs is 1. The van der Waals surface area contributed by atoms with Crippen molar-refractivity contribution in [3.05, 3.63) is 40.6 Å². The average molecular weight is 244 g/mol. The lowest BCUT2D eigenvalue weighted by atomic mass is 9.85. The van der Waals surface area contributed by atoms with E-state index in [9.17, 15) is 0 Å². The van der Waals surface area contributed by atoms with E-state index in [1.807, 2.05) is 0 Å². The lowest BCUT2D eigenvalue weighted by molar-refractivity contribution is 0.0520. The fourth-order valence-corrected chi connectivity index (χ4v) is 2.24. The number of benzene rings is 1. The first kappa shape index (κ1) is 13.2. The highest BCUT2D eigenvalue weighted by atomic mass is 16.5. The first-order chi connectivity index (χ1) is 8.15. The average Bonchev–Trinajstić information content (AvgIpc) is 2.53. The van der Waals surface area contributed by atoms with Crippen LogP contribution in [0.1, 0.15) is 58.2 Å². The zero-order valence-corrected chi connectivity index (χ0v) is 12.4. The maximum absolute atomic E-state index is 5.97. The summed E-state index contributed by atoms with van der Waals surface area (Å²) in [5.41, 5.74) is 4.19. The number of allylic oxidation sites excluding steroid dienone is 1. The van der Waals surface area contributed by atoms with Gasteiger partial charge in [-0.15, -0.1) is 0 Å². The minimum atomic E-state index is -0.110. The van der Waals surface area contributed by atoms with Crippen molar-refractivity contribution < 1.29 is 4.74 Å². The SMILES string of the molecule is CC(C)(C)OC1=Cc2ccc(C(C)(C)C)cc2C1. The first-order valence-corrected chi connectivity index (χ1v) is 6.68. The Bertz CT molecular complexity index is 481. The van der Waals surface area contributed by atoms with Crippen LogP contribution in [-0.2, 0) is 16.6 Å². The topological polar surface area (TPSA) is 9.23 Å². The maximum Gasteiger partial charge on any atom is 0.102 e. The van der Waals surface area contributed by atoms with Crippen LogP contribution in [0.25, 0.3) is 6.08 Å². The van der Waals surface area contributed by atoms with Crippen molar-refractivity contribution >= 4 is 6.08 Å². The molecular formula is C17H24O. The second-order valence-corrected chi connectivity index (χ2v) is 7.17. The van der Waals surface area contributed by atoms with Gasteiger partial charge < -0.3 is 4.74 Å². The van der Waals surface area contributed by atoms with Gasteiger partial charge in [0, 0.05) is 6.42 Å². The van der Waals surface area contributed by atoms with Gasteiger partial charge in [0.2, 0.25) is 0 Å². The van der Waals surface area contributed by atoms with Crippen LogP contribution in [0.2, 0.25) is 0 Å². The van der Waals surface area contributed by atoms with Crippen LogP contribution in [-0.4, -0.2) is 5.60 Å². The van der Waals surface area contributed by atoms with Gasteiger partial charge in [0.15, 0.2) is 0 Å². The first-order valence-electron chi connectivity index (χ1n) is 6.68. The third kappa shape index (κ3) is 2.95. The highest BCUT2D eigenvalue weighted by molar-refractivity contribution is 5.63. The molecular weight excluding hydrogens is 220 g/mol. The molecule has 0 saturated carbocycles. The summed E-state index contributed by atoms with van der Waals surface area (Å²) < 4.78 is 5.97. The van der Waals surface area contributed by atoms with Crippen LogP contribution in [0.4, 0.5) is 0 Å². The van der Waals surface area contributed by atoms with Crippen LogP contribution in [0, 0.1) is 0 Å². The lowest BCUT2D eigenvalue weighted by Gasteiger charge is -2.22. The summed E-state index contributed by atoms with van der Waals surface area (Å²) in [6.45, 7) is 13.0. The summed E-state index contributed by atoms with van der Waals surface area (Å²) in [7, 11) is 0. The quantitative estimate of drug-likeness (QED) is 0.696. The smallest absolute Gasteiger partial charge is 0.102 e. The lowest BCUT2D eigenvalue weighted by Crippen LogP contribution is -2.18. The molecule has 0 aromatic heterocycles. The molecule has 2 rings (SSSR count). The molecule has 0 atom stereocenters. The van der Waals surface area contributed by atoms with Gasteiger partial charge >= 0.3 is 0 Å². The van der Waals surface area contributed by atoms with E-state index >= 15 is 0 Å². The highest BCUT2D eigenvalue weighted by Crippen LogP contribution is 2.32. The number of hydrogen-bond donors (Lipinski definition) is 0. The molecule has 1 aromatic rings. The van der Waals surface area contributed by atoms with Crippen LogP contribution in [0.15, 0.2) is 24.0 Å². The van der Waals surface area contributed by atoms with Crippen molar-refractivity contribution in [2.75, 3.05) is 0 Å². The summed E-state index contributed by atoms with van der Waals surface area (Å²) in [6.07, 6.45) is 3.10. The summed E-state index contributed by atoms with van der Waals surface area (Å²) in [5, 5.41) is 0. The van der Waals surface area contributed by atoms with Crippen molar-refractivity contribution in [1.29, 1.82) is 0 Å².